The van der Waals surface area contributed by atoms with Gasteiger partial charge in [-0.05, 0) is 54.6 Å². The highest BCUT2D eigenvalue weighted by Crippen LogP contribution is 2.35. The molecule has 1 unspecified atom stereocenters. The van der Waals surface area contributed by atoms with E-state index in [2.05, 4.69) is 36.0 Å². The third kappa shape index (κ3) is 6.14. The Hall–Kier alpha value is -5.36. The molecular weight excluding hydrogens is 554 g/mol. The third-order valence-electron chi connectivity index (χ3n) is 7.17. The Morgan fingerprint density at radius 2 is 1.91 bits per heavy atom. The Balaban J connectivity index is 1.47. The average Bonchev–Trinajstić information content (AvgIpc) is 3.72. The predicted octanol–water partition coefficient (Wildman–Crippen LogP) is 4.96. The van der Waals surface area contributed by atoms with Crippen LogP contribution in [0.2, 0.25) is 0 Å². The largest absolute Gasteiger partial charge is 0.519 e. The van der Waals surface area contributed by atoms with Crippen molar-refractivity contribution in [3.8, 4) is 22.5 Å². The van der Waals surface area contributed by atoms with Crippen LogP contribution in [0.1, 0.15) is 50.7 Å². The zero-order valence-corrected chi connectivity index (χ0v) is 24.2. The summed E-state index contributed by atoms with van der Waals surface area (Å²) in [7, 11) is 0. The van der Waals surface area contributed by atoms with Gasteiger partial charge in [0.1, 0.15) is 5.70 Å². The van der Waals surface area contributed by atoms with E-state index >= 15 is 0 Å². The minimum Gasteiger partial charge on any atom is -0.453 e. The number of aromatic nitrogens is 4. The van der Waals surface area contributed by atoms with Crippen molar-refractivity contribution in [1.82, 2.24) is 30.8 Å². The number of hydrogen-bond donors (Lipinski definition) is 2. The first kappa shape index (κ1) is 29.1. The lowest BCUT2D eigenvalue weighted by Crippen LogP contribution is -2.39. The number of hydrogen-bond acceptors (Lipinski definition) is 11. The van der Waals surface area contributed by atoms with Crippen molar-refractivity contribution < 1.29 is 18.4 Å². The molecule has 0 spiro atoms. The Labute approximate surface area is 246 Å². The normalized spacial score (nSPS) is 14.9. The van der Waals surface area contributed by atoms with Crippen LogP contribution >= 0.6 is 0 Å². The van der Waals surface area contributed by atoms with Crippen LogP contribution in [0.25, 0.3) is 33.0 Å². The number of H-pyrrole nitrogens is 1. The van der Waals surface area contributed by atoms with Crippen molar-refractivity contribution in [3.05, 3.63) is 98.1 Å². The number of aromatic amines is 1. The first-order valence-electron chi connectivity index (χ1n) is 13.7. The van der Waals surface area contributed by atoms with E-state index in [0.29, 0.717) is 24.5 Å². The second kappa shape index (κ2) is 12.2. The quantitative estimate of drug-likeness (QED) is 0.105. The zero-order chi connectivity index (χ0) is 30.6. The molecule has 2 aromatic carbocycles. The third-order valence-corrected chi connectivity index (χ3v) is 7.17. The van der Waals surface area contributed by atoms with Crippen LogP contribution in [-0.4, -0.2) is 43.2 Å². The molecule has 222 valence electrons. The molecule has 43 heavy (non-hydrogen) atoms. The first-order chi connectivity index (χ1) is 20.7. The number of rotatable bonds is 11. The van der Waals surface area contributed by atoms with Gasteiger partial charge in [0.2, 0.25) is 5.82 Å². The maximum atomic E-state index is 13.7. The summed E-state index contributed by atoms with van der Waals surface area (Å²) < 4.78 is 15.5. The minimum atomic E-state index is -1.08. The lowest BCUT2D eigenvalue weighted by Gasteiger charge is -2.28. The fraction of sp³-hybridized carbons (Fsp3) is 0.345. The Bertz CT molecular complexity index is 1730. The van der Waals surface area contributed by atoms with E-state index in [1.807, 2.05) is 60.4 Å². The molecule has 0 saturated carbocycles. The van der Waals surface area contributed by atoms with Crippen molar-refractivity contribution in [2.24, 2.45) is 5.11 Å². The smallest absolute Gasteiger partial charge is 0.453 e. The fourth-order valence-corrected chi connectivity index (χ4v) is 5.05. The van der Waals surface area contributed by atoms with Crippen LogP contribution in [0.3, 0.4) is 0 Å². The molecule has 14 heteroatoms. The molecule has 2 aromatic heterocycles. The van der Waals surface area contributed by atoms with E-state index in [-0.39, 0.29) is 30.0 Å². The lowest BCUT2D eigenvalue weighted by atomic mass is 9.98. The summed E-state index contributed by atoms with van der Waals surface area (Å²) >= 11 is 0. The number of nitrogens with zero attached hydrogens (tertiary/aromatic N) is 7. The molecule has 0 radical (unpaired) electrons. The SMILES string of the molecule is CCCC1NC(C(C)(C)N=[N+]=[N-])=C(C(=O)OCc2oc(=O)oc2C)N1Cc1ccc(-c2ccccc2-c2nn[nH]n2)cc1. The van der Waals surface area contributed by atoms with E-state index in [4.69, 9.17) is 13.6 Å². The van der Waals surface area contributed by atoms with Crippen LogP contribution in [0.4, 0.5) is 0 Å². The summed E-state index contributed by atoms with van der Waals surface area (Å²) in [4.78, 5) is 30.1. The molecule has 2 N–H and O–H groups in total. The van der Waals surface area contributed by atoms with Gasteiger partial charge in [-0.3, -0.25) is 0 Å². The minimum absolute atomic E-state index is 0.120. The summed E-state index contributed by atoms with van der Waals surface area (Å²) in [6.45, 7) is 7.12. The number of nitrogens with one attached hydrogen (secondary N) is 2. The number of benzene rings is 2. The standard InChI is InChI=1S/C29H31N9O5/c1-5-8-23-31-25(29(3,4)34-35-30)24(27(39)41-16-22-17(2)42-28(40)43-22)38(23)15-18-11-13-19(14-12-18)20-9-6-7-10-21(20)26-32-36-37-33-26/h6-7,9-14,23,31H,5,8,15-16H2,1-4H3,(H,32,33,36,37). The molecular formula is C29H31N9O5. The van der Waals surface area contributed by atoms with E-state index in [1.165, 1.54) is 0 Å². The van der Waals surface area contributed by atoms with Gasteiger partial charge in [0.25, 0.3) is 0 Å². The van der Waals surface area contributed by atoms with E-state index in [9.17, 15) is 15.1 Å². The molecule has 1 aliphatic rings. The second-order valence-corrected chi connectivity index (χ2v) is 10.5. The van der Waals surface area contributed by atoms with E-state index in [1.54, 1.807) is 20.8 Å². The monoisotopic (exact) mass is 585 g/mol. The van der Waals surface area contributed by atoms with Gasteiger partial charge in [0, 0.05) is 17.0 Å². The maximum Gasteiger partial charge on any atom is 0.519 e. The van der Waals surface area contributed by atoms with Crippen LogP contribution in [0.15, 0.2) is 78.7 Å². The highest BCUT2D eigenvalue weighted by atomic mass is 16.6. The number of azide groups is 1. The predicted molar refractivity (Wildman–Crippen MR) is 154 cm³/mol. The van der Waals surface area contributed by atoms with Crippen LogP contribution in [0.5, 0.6) is 0 Å². The van der Waals surface area contributed by atoms with Crippen molar-refractivity contribution in [2.45, 2.75) is 65.4 Å². The molecule has 14 nitrogen and oxygen atoms in total. The Morgan fingerprint density at radius 3 is 2.53 bits per heavy atom. The van der Waals surface area contributed by atoms with Gasteiger partial charge >= 0.3 is 11.8 Å². The highest BCUT2D eigenvalue weighted by molar-refractivity contribution is 5.90. The van der Waals surface area contributed by atoms with E-state index < -0.39 is 17.3 Å². The summed E-state index contributed by atoms with van der Waals surface area (Å²) in [6, 6.07) is 15.8. The molecule has 0 amide bonds. The van der Waals surface area contributed by atoms with Crippen LogP contribution in [0, 0.1) is 6.92 Å². The second-order valence-electron chi connectivity index (χ2n) is 10.5. The summed E-state index contributed by atoms with van der Waals surface area (Å²) in [5.74, 6) is -0.680. The molecule has 0 fully saturated rings. The number of tetrazole rings is 1. The van der Waals surface area contributed by atoms with Crippen molar-refractivity contribution in [3.63, 3.8) is 0 Å². The Kier molecular flexibility index (Phi) is 8.30. The van der Waals surface area contributed by atoms with Crippen LogP contribution in [-0.2, 0) is 22.7 Å². The lowest BCUT2D eigenvalue weighted by molar-refractivity contribution is -0.143. The van der Waals surface area contributed by atoms with Gasteiger partial charge in [-0.1, -0.05) is 67.0 Å². The van der Waals surface area contributed by atoms with Gasteiger partial charge in [-0.15, -0.1) is 10.2 Å². The molecule has 1 aliphatic heterocycles. The number of carbonyl (C=O) groups is 1. The number of carbonyl (C=O) groups excluding carboxylic acids is 1. The molecule has 0 saturated heterocycles. The summed E-state index contributed by atoms with van der Waals surface area (Å²) in [6.07, 6.45) is 1.28. The van der Waals surface area contributed by atoms with Gasteiger partial charge < -0.3 is 23.8 Å². The van der Waals surface area contributed by atoms with Crippen molar-refractivity contribution >= 4 is 5.97 Å². The van der Waals surface area contributed by atoms with Crippen molar-refractivity contribution in [2.75, 3.05) is 0 Å². The van der Waals surface area contributed by atoms with Gasteiger partial charge in [0.15, 0.2) is 18.1 Å². The maximum absolute atomic E-state index is 13.7. The number of aryl methyl sites for hydroxylation is 1. The molecule has 0 bridgehead atoms. The van der Waals surface area contributed by atoms with Gasteiger partial charge in [0.05, 0.1) is 17.4 Å². The van der Waals surface area contributed by atoms with Crippen molar-refractivity contribution in [1.29, 1.82) is 0 Å². The first-order valence-corrected chi connectivity index (χ1v) is 13.7. The summed E-state index contributed by atoms with van der Waals surface area (Å²) in [5, 5.41) is 21.8. The fourth-order valence-electron chi connectivity index (χ4n) is 5.05. The van der Waals surface area contributed by atoms with E-state index in [0.717, 1.165) is 28.7 Å². The average molecular weight is 586 g/mol. The highest BCUT2D eigenvalue weighted by Gasteiger charge is 2.41. The van der Waals surface area contributed by atoms with Crippen LogP contribution < -0.4 is 11.1 Å². The van der Waals surface area contributed by atoms with Gasteiger partial charge in [-0.2, -0.15) is 5.21 Å². The topological polar surface area (TPSA) is 188 Å². The molecule has 3 heterocycles. The molecule has 5 rings (SSSR count). The molecule has 1 atom stereocenters. The number of ether oxygens (including phenoxy) is 1. The molecule has 0 aliphatic carbocycles. The summed E-state index contributed by atoms with van der Waals surface area (Å²) in [5.41, 5.74) is 12.6. The van der Waals surface area contributed by atoms with Gasteiger partial charge in [-0.25, -0.2) is 9.59 Å². The number of esters is 1. The Morgan fingerprint density at radius 1 is 1.16 bits per heavy atom. The molecule has 4 aromatic rings. The zero-order valence-electron chi connectivity index (χ0n) is 24.2.